The number of rotatable bonds is 5. The van der Waals surface area contributed by atoms with Gasteiger partial charge in [0.25, 0.3) is 0 Å². The molecule has 5 heteroatoms. The summed E-state index contributed by atoms with van der Waals surface area (Å²) in [5, 5.41) is 2.56. The number of unbranched alkanes of at least 4 members (excludes halogenated alkanes) is 1. The van der Waals surface area contributed by atoms with E-state index in [-0.39, 0.29) is 29.8 Å². The van der Waals surface area contributed by atoms with Crippen molar-refractivity contribution in [3.63, 3.8) is 0 Å². The average Bonchev–Trinajstić information content (AvgIpc) is 2.80. The number of anilines is 1. The van der Waals surface area contributed by atoms with Gasteiger partial charge >= 0.3 is 0 Å². The number of hydrogen-bond donors (Lipinski definition) is 1. The van der Waals surface area contributed by atoms with Crippen LogP contribution in [0.25, 0.3) is 0 Å². The Labute approximate surface area is 118 Å². The molecule has 0 aliphatic carbocycles. The molecule has 4 nitrogen and oxygen atoms in total. The first kappa shape index (κ1) is 14.5. The predicted molar refractivity (Wildman–Crippen MR) is 74.6 cm³/mol. The van der Waals surface area contributed by atoms with E-state index in [2.05, 4.69) is 12.2 Å². The summed E-state index contributed by atoms with van der Waals surface area (Å²) in [7, 11) is 0. The number of halogens is 1. The van der Waals surface area contributed by atoms with Gasteiger partial charge in [-0.05, 0) is 18.6 Å². The molecule has 1 aromatic carbocycles. The Kier molecular flexibility index (Phi) is 4.71. The Morgan fingerprint density at radius 3 is 2.90 bits per heavy atom. The van der Waals surface area contributed by atoms with E-state index in [0.29, 0.717) is 13.1 Å². The maximum Gasteiger partial charge on any atom is 0.229 e. The maximum atomic E-state index is 13.5. The van der Waals surface area contributed by atoms with Gasteiger partial charge in [-0.2, -0.15) is 0 Å². The molecular formula is C15H19FN2O2. The van der Waals surface area contributed by atoms with E-state index in [0.717, 1.165) is 12.8 Å². The van der Waals surface area contributed by atoms with Gasteiger partial charge in [0, 0.05) is 19.5 Å². The summed E-state index contributed by atoms with van der Waals surface area (Å²) in [6, 6.07) is 6.03. The quantitative estimate of drug-likeness (QED) is 0.899. The minimum Gasteiger partial charge on any atom is -0.342 e. The number of para-hydroxylation sites is 1. The first-order chi connectivity index (χ1) is 9.61. The van der Waals surface area contributed by atoms with E-state index in [1.807, 2.05) is 0 Å². The van der Waals surface area contributed by atoms with Gasteiger partial charge in [0.15, 0.2) is 0 Å². The van der Waals surface area contributed by atoms with Crippen molar-refractivity contribution in [2.75, 3.05) is 18.4 Å². The first-order valence-corrected chi connectivity index (χ1v) is 6.95. The normalized spacial score (nSPS) is 18.4. The van der Waals surface area contributed by atoms with Gasteiger partial charge in [0.1, 0.15) is 5.82 Å². The molecular weight excluding hydrogens is 259 g/mol. The molecule has 1 heterocycles. The Bertz CT molecular complexity index is 504. The van der Waals surface area contributed by atoms with Crippen molar-refractivity contribution in [1.29, 1.82) is 0 Å². The SMILES string of the molecule is CCCCN1C[C@@H](C(=O)Nc2ccccc2F)CC1=O. The number of benzene rings is 1. The Morgan fingerprint density at radius 1 is 1.45 bits per heavy atom. The minimum absolute atomic E-state index is 0.00661. The lowest BCUT2D eigenvalue weighted by atomic mass is 10.1. The second kappa shape index (κ2) is 6.50. The third kappa shape index (κ3) is 3.35. The van der Waals surface area contributed by atoms with Crippen LogP contribution in [0.3, 0.4) is 0 Å². The zero-order valence-electron chi connectivity index (χ0n) is 11.6. The highest BCUT2D eigenvalue weighted by molar-refractivity contribution is 5.97. The molecule has 1 atom stereocenters. The van der Waals surface area contributed by atoms with Crippen LogP contribution in [0.1, 0.15) is 26.2 Å². The number of amides is 2. The van der Waals surface area contributed by atoms with Crippen molar-refractivity contribution in [2.24, 2.45) is 5.92 Å². The smallest absolute Gasteiger partial charge is 0.229 e. The lowest BCUT2D eigenvalue weighted by Crippen LogP contribution is -2.29. The number of carbonyl (C=O) groups excluding carboxylic acids is 2. The summed E-state index contributed by atoms with van der Waals surface area (Å²) in [6.07, 6.45) is 2.16. The van der Waals surface area contributed by atoms with E-state index < -0.39 is 5.82 Å². The van der Waals surface area contributed by atoms with Crippen LogP contribution in [0.4, 0.5) is 10.1 Å². The molecule has 20 heavy (non-hydrogen) atoms. The highest BCUT2D eigenvalue weighted by Crippen LogP contribution is 2.21. The molecule has 108 valence electrons. The van der Waals surface area contributed by atoms with Crippen molar-refractivity contribution in [3.05, 3.63) is 30.1 Å². The summed E-state index contributed by atoms with van der Waals surface area (Å²) in [5.41, 5.74) is 0.164. The fourth-order valence-corrected chi connectivity index (χ4v) is 2.31. The topological polar surface area (TPSA) is 49.4 Å². The molecule has 0 spiro atoms. The molecule has 0 aromatic heterocycles. The summed E-state index contributed by atoms with van der Waals surface area (Å²) in [6.45, 7) is 3.18. The van der Waals surface area contributed by atoms with Crippen LogP contribution in [0.5, 0.6) is 0 Å². The van der Waals surface area contributed by atoms with Crippen LogP contribution in [0, 0.1) is 11.7 Å². The van der Waals surface area contributed by atoms with Crippen LogP contribution in [0.2, 0.25) is 0 Å². The highest BCUT2D eigenvalue weighted by Gasteiger charge is 2.34. The number of nitrogens with zero attached hydrogens (tertiary/aromatic N) is 1. The van der Waals surface area contributed by atoms with Crippen LogP contribution < -0.4 is 5.32 Å². The van der Waals surface area contributed by atoms with E-state index in [1.165, 1.54) is 12.1 Å². The zero-order valence-corrected chi connectivity index (χ0v) is 11.6. The van der Waals surface area contributed by atoms with Gasteiger partial charge in [-0.15, -0.1) is 0 Å². The van der Waals surface area contributed by atoms with Crippen LogP contribution in [-0.2, 0) is 9.59 Å². The van der Waals surface area contributed by atoms with E-state index in [9.17, 15) is 14.0 Å². The molecule has 1 aromatic rings. The van der Waals surface area contributed by atoms with Gasteiger partial charge in [0.05, 0.1) is 11.6 Å². The molecule has 1 aliphatic heterocycles. The lowest BCUT2D eigenvalue weighted by Gasteiger charge is -2.16. The Morgan fingerprint density at radius 2 is 2.20 bits per heavy atom. The summed E-state index contributed by atoms with van der Waals surface area (Å²) in [4.78, 5) is 25.6. The summed E-state index contributed by atoms with van der Waals surface area (Å²) in [5.74, 6) is -1.14. The van der Waals surface area contributed by atoms with Gasteiger partial charge in [-0.3, -0.25) is 9.59 Å². The second-order valence-electron chi connectivity index (χ2n) is 5.06. The third-order valence-corrected chi connectivity index (χ3v) is 3.50. The predicted octanol–water partition coefficient (Wildman–Crippen LogP) is 2.41. The molecule has 0 unspecified atom stereocenters. The number of likely N-dealkylation sites (tertiary alicyclic amines) is 1. The molecule has 0 radical (unpaired) electrons. The fraction of sp³-hybridized carbons (Fsp3) is 0.467. The molecule has 1 N–H and O–H groups in total. The molecule has 0 bridgehead atoms. The highest BCUT2D eigenvalue weighted by atomic mass is 19.1. The standard InChI is InChI=1S/C15H19FN2O2/c1-2-3-8-18-10-11(9-14(18)19)15(20)17-13-7-5-4-6-12(13)16/h4-7,11H,2-3,8-10H2,1H3,(H,17,20)/t11-/m0/s1. The monoisotopic (exact) mass is 278 g/mol. The zero-order chi connectivity index (χ0) is 14.5. The van der Waals surface area contributed by atoms with Crippen molar-refractivity contribution in [3.8, 4) is 0 Å². The van der Waals surface area contributed by atoms with Gasteiger partial charge in [-0.25, -0.2) is 4.39 Å². The van der Waals surface area contributed by atoms with Crippen molar-refractivity contribution < 1.29 is 14.0 Å². The molecule has 1 aliphatic rings. The van der Waals surface area contributed by atoms with E-state index >= 15 is 0 Å². The van der Waals surface area contributed by atoms with E-state index in [4.69, 9.17) is 0 Å². The minimum atomic E-state index is -0.465. The van der Waals surface area contributed by atoms with E-state index in [1.54, 1.807) is 17.0 Å². The van der Waals surface area contributed by atoms with Crippen LogP contribution in [0.15, 0.2) is 24.3 Å². The molecule has 1 fully saturated rings. The van der Waals surface area contributed by atoms with Gasteiger partial charge < -0.3 is 10.2 Å². The molecule has 1 saturated heterocycles. The second-order valence-corrected chi connectivity index (χ2v) is 5.06. The molecule has 2 amide bonds. The number of carbonyl (C=O) groups is 2. The largest absolute Gasteiger partial charge is 0.342 e. The van der Waals surface area contributed by atoms with Crippen molar-refractivity contribution >= 4 is 17.5 Å². The maximum absolute atomic E-state index is 13.5. The fourth-order valence-electron chi connectivity index (χ4n) is 2.31. The third-order valence-electron chi connectivity index (χ3n) is 3.50. The van der Waals surface area contributed by atoms with Crippen molar-refractivity contribution in [2.45, 2.75) is 26.2 Å². The summed E-state index contributed by atoms with van der Waals surface area (Å²) < 4.78 is 13.5. The number of hydrogen-bond acceptors (Lipinski definition) is 2. The Balaban J connectivity index is 1.94. The summed E-state index contributed by atoms with van der Waals surface area (Å²) >= 11 is 0. The average molecular weight is 278 g/mol. The Hall–Kier alpha value is -1.91. The molecule has 0 saturated carbocycles. The van der Waals surface area contributed by atoms with Crippen molar-refractivity contribution in [1.82, 2.24) is 4.90 Å². The van der Waals surface area contributed by atoms with Gasteiger partial charge in [-0.1, -0.05) is 25.5 Å². The molecule has 2 rings (SSSR count). The van der Waals surface area contributed by atoms with Crippen LogP contribution in [-0.4, -0.2) is 29.8 Å². The lowest BCUT2D eigenvalue weighted by molar-refractivity contribution is -0.128. The number of nitrogens with one attached hydrogen (secondary N) is 1. The first-order valence-electron chi connectivity index (χ1n) is 6.95. The van der Waals surface area contributed by atoms with Crippen LogP contribution >= 0.6 is 0 Å². The van der Waals surface area contributed by atoms with Gasteiger partial charge in [0.2, 0.25) is 11.8 Å².